The SMILES string of the molecule is CCn1ncc(S(=O)(=O)N(C)C2CCCc3ccccc32)c1C. The maximum atomic E-state index is 13.1. The molecule has 124 valence electrons. The summed E-state index contributed by atoms with van der Waals surface area (Å²) in [6.07, 6.45) is 4.36. The van der Waals surface area contributed by atoms with Crippen LogP contribution in [0.15, 0.2) is 35.4 Å². The third-order valence-corrected chi connectivity index (χ3v) is 6.76. The largest absolute Gasteiger partial charge is 0.269 e. The van der Waals surface area contributed by atoms with Gasteiger partial charge in [0, 0.05) is 19.6 Å². The van der Waals surface area contributed by atoms with Gasteiger partial charge in [-0.15, -0.1) is 0 Å². The average Bonchev–Trinajstić information content (AvgIpc) is 2.95. The Hall–Kier alpha value is -1.66. The highest BCUT2D eigenvalue weighted by molar-refractivity contribution is 7.89. The number of benzene rings is 1. The van der Waals surface area contributed by atoms with E-state index in [0.717, 1.165) is 24.8 Å². The number of aryl methyl sites for hydroxylation is 2. The van der Waals surface area contributed by atoms with Crippen molar-refractivity contribution in [3.8, 4) is 0 Å². The summed E-state index contributed by atoms with van der Waals surface area (Å²) in [5, 5.41) is 4.18. The van der Waals surface area contributed by atoms with Crippen LogP contribution < -0.4 is 0 Å². The fourth-order valence-corrected chi connectivity index (χ4v) is 4.95. The summed E-state index contributed by atoms with van der Waals surface area (Å²) in [5.41, 5.74) is 3.08. The first-order valence-corrected chi connectivity index (χ1v) is 9.49. The van der Waals surface area contributed by atoms with Crippen molar-refractivity contribution in [3.05, 3.63) is 47.3 Å². The molecule has 1 atom stereocenters. The van der Waals surface area contributed by atoms with Gasteiger partial charge < -0.3 is 0 Å². The number of rotatable bonds is 4. The summed E-state index contributed by atoms with van der Waals surface area (Å²) in [7, 11) is -1.87. The second-order valence-corrected chi connectivity index (χ2v) is 8.00. The summed E-state index contributed by atoms with van der Waals surface area (Å²) in [6.45, 7) is 4.43. The van der Waals surface area contributed by atoms with Crippen LogP contribution in [0, 0.1) is 6.92 Å². The number of fused-ring (bicyclic) bond motifs is 1. The van der Waals surface area contributed by atoms with Gasteiger partial charge in [-0.2, -0.15) is 9.40 Å². The first-order chi connectivity index (χ1) is 11.0. The quantitative estimate of drug-likeness (QED) is 0.864. The molecule has 0 amide bonds. The average molecular weight is 333 g/mol. The van der Waals surface area contributed by atoms with E-state index < -0.39 is 10.0 Å². The van der Waals surface area contributed by atoms with Gasteiger partial charge in [-0.3, -0.25) is 4.68 Å². The molecule has 0 saturated carbocycles. The number of sulfonamides is 1. The summed E-state index contributed by atoms with van der Waals surface area (Å²) in [5.74, 6) is 0. The van der Waals surface area contributed by atoms with Gasteiger partial charge in [-0.1, -0.05) is 24.3 Å². The Balaban J connectivity index is 2.00. The van der Waals surface area contributed by atoms with E-state index in [1.165, 1.54) is 16.1 Å². The molecule has 0 radical (unpaired) electrons. The Labute approximate surface area is 138 Å². The van der Waals surface area contributed by atoms with Crippen molar-refractivity contribution in [3.63, 3.8) is 0 Å². The summed E-state index contributed by atoms with van der Waals surface area (Å²) < 4.78 is 29.4. The van der Waals surface area contributed by atoms with Crippen molar-refractivity contribution in [2.45, 2.75) is 50.6 Å². The monoisotopic (exact) mass is 333 g/mol. The third-order valence-electron chi connectivity index (χ3n) is 4.79. The Kier molecular flexibility index (Phi) is 4.29. The molecule has 0 aliphatic heterocycles. The standard InChI is InChI=1S/C17H23N3O2S/c1-4-20-13(2)17(12-18-20)23(21,22)19(3)16-11-7-9-14-8-5-6-10-15(14)16/h5-6,8,10,12,16H,4,7,9,11H2,1-3H3. The summed E-state index contributed by atoms with van der Waals surface area (Å²) in [6, 6.07) is 8.05. The highest BCUT2D eigenvalue weighted by Crippen LogP contribution is 2.36. The molecule has 1 unspecified atom stereocenters. The molecule has 5 nitrogen and oxygen atoms in total. The minimum Gasteiger partial charge on any atom is -0.269 e. The van der Waals surface area contributed by atoms with Crippen molar-refractivity contribution >= 4 is 10.0 Å². The van der Waals surface area contributed by atoms with E-state index in [0.29, 0.717) is 17.1 Å². The van der Waals surface area contributed by atoms with Crippen molar-refractivity contribution in [1.29, 1.82) is 0 Å². The number of aromatic nitrogens is 2. The predicted molar refractivity (Wildman–Crippen MR) is 89.7 cm³/mol. The maximum absolute atomic E-state index is 13.1. The van der Waals surface area contributed by atoms with Gasteiger partial charge >= 0.3 is 0 Å². The molecule has 0 N–H and O–H groups in total. The van der Waals surface area contributed by atoms with E-state index in [2.05, 4.69) is 11.2 Å². The molecule has 1 aromatic heterocycles. The molecule has 23 heavy (non-hydrogen) atoms. The lowest BCUT2D eigenvalue weighted by molar-refractivity contribution is 0.337. The normalized spacial score (nSPS) is 18.2. The van der Waals surface area contributed by atoms with Crippen LogP contribution in [0.3, 0.4) is 0 Å². The molecule has 0 fully saturated rings. The predicted octanol–water partition coefficient (Wildman–Crippen LogP) is 2.91. The first kappa shape index (κ1) is 16.2. The minimum absolute atomic E-state index is 0.102. The lowest BCUT2D eigenvalue weighted by Crippen LogP contribution is -2.33. The molecule has 0 saturated heterocycles. The lowest BCUT2D eigenvalue weighted by Gasteiger charge is -2.32. The van der Waals surface area contributed by atoms with Gasteiger partial charge in [0.05, 0.1) is 11.9 Å². The topological polar surface area (TPSA) is 55.2 Å². The molecule has 0 bridgehead atoms. The fraction of sp³-hybridized carbons (Fsp3) is 0.471. The Morgan fingerprint density at radius 3 is 2.78 bits per heavy atom. The van der Waals surface area contributed by atoms with E-state index in [1.54, 1.807) is 11.7 Å². The van der Waals surface area contributed by atoms with Gasteiger partial charge in [-0.25, -0.2) is 8.42 Å². The van der Waals surface area contributed by atoms with E-state index in [4.69, 9.17) is 0 Å². The fourth-order valence-electron chi connectivity index (χ4n) is 3.43. The second-order valence-electron chi connectivity index (χ2n) is 6.04. The molecule has 2 aromatic rings. The lowest BCUT2D eigenvalue weighted by atomic mass is 9.88. The molecule has 1 aliphatic rings. The Bertz CT molecular complexity index is 811. The third kappa shape index (κ3) is 2.70. The van der Waals surface area contributed by atoms with E-state index in [9.17, 15) is 8.42 Å². The zero-order valence-corrected chi connectivity index (χ0v) is 14.7. The maximum Gasteiger partial charge on any atom is 0.246 e. The summed E-state index contributed by atoms with van der Waals surface area (Å²) >= 11 is 0. The highest BCUT2D eigenvalue weighted by Gasteiger charge is 2.33. The van der Waals surface area contributed by atoms with Crippen LogP contribution in [0.5, 0.6) is 0 Å². The van der Waals surface area contributed by atoms with Crippen molar-refractivity contribution < 1.29 is 8.42 Å². The molecule has 1 heterocycles. The van der Waals surface area contributed by atoms with Gasteiger partial charge in [0.1, 0.15) is 4.90 Å². The van der Waals surface area contributed by atoms with Crippen LogP contribution in [-0.2, 0) is 23.0 Å². The van der Waals surface area contributed by atoms with Gasteiger partial charge in [-0.05, 0) is 44.2 Å². The highest BCUT2D eigenvalue weighted by atomic mass is 32.2. The van der Waals surface area contributed by atoms with Gasteiger partial charge in [0.25, 0.3) is 0 Å². The molecule has 0 spiro atoms. The summed E-state index contributed by atoms with van der Waals surface area (Å²) in [4.78, 5) is 0.310. The Morgan fingerprint density at radius 1 is 1.35 bits per heavy atom. The van der Waals surface area contributed by atoms with E-state index >= 15 is 0 Å². The number of hydrogen-bond donors (Lipinski definition) is 0. The molecular weight excluding hydrogens is 310 g/mol. The van der Waals surface area contributed by atoms with Crippen LogP contribution in [-0.4, -0.2) is 29.6 Å². The van der Waals surface area contributed by atoms with Crippen LogP contribution >= 0.6 is 0 Å². The molecule has 6 heteroatoms. The van der Waals surface area contributed by atoms with Gasteiger partial charge in [0.15, 0.2) is 0 Å². The van der Waals surface area contributed by atoms with Crippen LogP contribution in [0.25, 0.3) is 0 Å². The smallest absolute Gasteiger partial charge is 0.246 e. The van der Waals surface area contributed by atoms with Crippen LogP contribution in [0.4, 0.5) is 0 Å². The minimum atomic E-state index is -3.55. The molecule has 1 aliphatic carbocycles. The molecular formula is C17H23N3O2S. The first-order valence-electron chi connectivity index (χ1n) is 8.05. The van der Waals surface area contributed by atoms with Crippen molar-refractivity contribution in [2.24, 2.45) is 0 Å². The number of nitrogens with zero attached hydrogens (tertiary/aromatic N) is 3. The number of hydrogen-bond acceptors (Lipinski definition) is 3. The Morgan fingerprint density at radius 2 is 2.09 bits per heavy atom. The second kappa shape index (κ2) is 6.09. The zero-order chi connectivity index (χ0) is 16.6. The molecule has 1 aromatic carbocycles. The van der Waals surface area contributed by atoms with Crippen LogP contribution in [0.1, 0.15) is 42.6 Å². The zero-order valence-electron chi connectivity index (χ0n) is 13.9. The van der Waals surface area contributed by atoms with Crippen molar-refractivity contribution in [1.82, 2.24) is 14.1 Å². The van der Waals surface area contributed by atoms with Crippen LogP contribution in [0.2, 0.25) is 0 Å². The van der Waals surface area contributed by atoms with E-state index in [1.807, 2.05) is 32.0 Å². The van der Waals surface area contributed by atoms with E-state index in [-0.39, 0.29) is 6.04 Å². The molecule has 3 rings (SSSR count). The van der Waals surface area contributed by atoms with Crippen molar-refractivity contribution in [2.75, 3.05) is 7.05 Å². The van der Waals surface area contributed by atoms with Gasteiger partial charge in [0.2, 0.25) is 10.0 Å².